The normalized spacial score (nSPS) is 12.2. The Kier molecular flexibility index (Phi) is 10.6. The quantitative estimate of drug-likeness (QED) is 0.0830. The molecule has 0 heterocycles. The van der Waals surface area contributed by atoms with Crippen molar-refractivity contribution >= 4 is 26.3 Å². The summed E-state index contributed by atoms with van der Waals surface area (Å²) in [4.78, 5) is 32.6. The number of hydrogen-bond donors (Lipinski definition) is 2. The Morgan fingerprint density at radius 2 is 1.47 bits per heavy atom. The van der Waals surface area contributed by atoms with Gasteiger partial charge in [0.2, 0.25) is 0 Å². The van der Waals surface area contributed by atoms with Crippen molar-refractivity contribution in [2.75, 3.05) is 12.4 Å². The van der Waals surface area contributed by atoms with E-state index in [2.05, 4.69) is 13.8 Å². The van der Waals surface area contributed by atoms with Crippen LogP contribution in [0.2, 0.25) is 12.6 Å². The van der Waals surface area contributed by atoms with E-state index < -0.39 is 8.56 Å². The van der Waals surface area contributed by atoms with E-state index in [0.29, 0.717) is 29.9 Å². The Morgan fingerprint density at radius 1 is 0.889 bits per heavy atom. The number of esters is 1. The first-order valence-electron chi connectivity index (χ1n) is 12.5. The smallest absolute Gasteiger partial charge is 0.343 e. The third-order valence-electron chi connectivity index (χ3n) is 5.89. The summed E-state index contributed by atoms with van der Waals surface area (Å²) in [6.07, 6.45) is 2.69. The summed E-state index contributed by atoms with van der Waals surface area (Å²) < 4.78 is 11.3. The van der Waals surface area contributed by atoms with Gasteiger partial charge in [-0.25, -0.2) is 4.79 Å². The zero-order chi connectivity index (χ0) is 26.0. The van der Waals surface area contributed by atoms with Gasteiger partial charge < -0.3 is 19.1 Å². The third-order valence-corrected chi connectivity index (χ3v) is 8.53. The molecular formula is C29H36O5SSi. The number of carbonyl (C=O) groups is 1. The second kappa shape index (κ2) is 13.6. The van der Waals surface area contributed by atoms with Crippen LogP contribution in [-0.2, 0) is 0 Å². The highest BCUT2D eigenvalue weighted by Crippen LogP contribution is 2.26. The maximum absolute atomic E-state index is 12.5. The second-order valence-electron chi connectivity index (χ2n) is 9.31. The zero-order valence-electron chi connectivity index (χ0n) is 21.3. The molecule has 0 saturated carbocycles. The summed E-state index contributed by atoms with van der Waals surface area (Å²) >= 11 is 1.81. The highest BCUT2D eigenvalue weighted by atomic mass is 32.2. The topological polar surface area (TPSA) is 76.0 Å². The van der Waals surface area contributed by atoms with Crippen molar-refractivity contribution in [1.82, 2.24) is 0 Å². The Labute approximate surface area is 219 Å². The minimum atomic E-state index is -2.96. The zero-order valence-corrected chi connectivity index (χ0v) is 23.1. The average Bonchev–Trinajstić information content (AvgIpc) is 2.87. The molecule has 192 valence electrons. The number of benzene rings is 3. The van der Waals surface area contributed by atoms with Crippen molar-refractivity contribution in [1.29, 1.82) is 0 Å². The largest absolute Gasteiger partial charge is 0.494 e. The molecule has 1 atom stereocenters. The molecule has 7 heteroatoms. The van der Waals surface area contributed by atoms with E-state index in [1.807, 2.05) is 72.4 Å². The van der Waals surface area contributed by atoms with Gasteiger partial charge in [-0.3, -0.25) is 0 Å². The molecular weight excluding hydrogens is 488 g/mol. The molecule has 0 saturated heterocycles. The Bertz CT molecular complexity index is 1080. The Hall–Kier alpha value is -2.58. The fourth-order valence-corrected chi connectivity index (χ4v) is 5.38. The molecule has 3 aromatic carbocycles. The van der Waals surface area contributed by atoms with Gasteiger partial charge >= 0.3 is 14.5 Å². The van der Waals surface area contributed by atoms with Crippen LogP contribution in [0, 0.1) is 5.92 Å². The predicted molar refractivity (Wildman–Crippen MR) is 149 cm³/mol. The first-order valence-corrected chi connectivity index (χ1v) is 16.1. The fourth-order valence-electron chi connectivity index (χ4n) is 3.42. The van der Waals surface area contributed by atoms with Gasteiger partial charge in [0, 0.05) is 10.6 Å². The van der Waals surface area contributed by atoms with Crippen molar-refractivity contribution in [3.05, 3.63) is 78.4 Å². The highest BCUT2D eigenvalue weighted by molar-refractivity contribution is 7.99. The summed E-state index contributed by atoms with van der Waals surface area (Å²) in [5, 5.41) is 0. The standard InChI is InChI=1S/C29H36O5SSi/c1-4-22(2)21-35-28-17-11-25(12-18-28)29(30)34-27-15-9-24(10-16-27)23-7-13-26(14-8-23)33-19-5-6-20-36(3,31)32/h7-18,22,31-32H,4-6,19-21H2,1-3H3/t22-/m0/s1. The van der Waals surface area contributed by atoms with Crippen molar-refractivity contribution in [3.8, 4) is 22.6 Å². The van der Waals surface area contributed by atoms with Gasteiger partial charge in [0.1, 0.15) is 11.5 Å². The summed E-state index contributed by atoms with van der Waals surface area (Å²) in [5.74, 6) is 2.65. The Morgan fingerprint density at radius 3 is 2.03 bits per heavy atom. The Balaban J connectivity index is 1.48. The maximum atomic E-state index is 12.5. The van der Waals surface area contributed by atoms with Gasteiger partial charge in [0.15, 0.2) is 0 Å². The van der Waals surface area contributed by atoms with Gasteiger partial charge in [0.05, 0.1) is 12.2 Å². The molecule has 3 rings (SSSR count). The predicted octanol–water partition coefficient (Wildman–Crippen LogP) is 6.93. The van der Waals surface area contributed by atoms with Crippen LogP contribution in [0.5, 0.6) is 11.5 Å². The van der Waals surface area contributed by atoms with E-state index in [-0.39, 0.29) is 5.97 Å². The molecule has 0 unspecified atom stereocenters. The summed E-state index contributed by atoms with van der Waals surface area (Å²) in [5.41, 5.74) is 2.58. The molecule has 0 amide bonds. The van der Waals surface area contributed by atoms with E-state index in [9.17, 15) is 14.4 Å². The van der Waals surface area contributed by atoms with Gasteiger partial charge in [-0.2, -0.15) is 0 Å². The van der Waals surface area contributed by atoms with Crippen molar-refractivity contribution in [2.24, 2.45) is 5.92 Å². The van der Waals surface area contributed by atoms with Gasteiger partial charge in [-0.15, -0.1) is 11.8 Å². The van der Waals surface area contributed by atoms with E-state index in [4.69, 9.17) is 9.47 Å². The fraction of sp³-hybridized carbons (Fsp3) is 0.345. The molecule has 0 fully saturated rings. The molecule has 2 N–H and O–H groups in total. The summed E-state index contributed by atoms with van der Waals surface area (Å²) in [6.45, 7) is 6.51. The highest BCUT2D eigenvalue weighted by Gasteiger charge is 2.19. The van der Waals surface area contributed by atoms with Gasteiger partial charge in [-0.1, -0.05) is 44.5 Å². The lowest BCUT2D eigenvalue weighted by molar-refractivity contribution is 0.0734. The van der Waals surface area contributed by atoms with E-state index in [1.165, 1.54) is 6.55 Å². The minimum Gasteiger partial charge on any atom is -0.494 e. The van der Waals surface area contributed by atoms with E-state index in [0.717, 1.165) is 46.8 Å². The molecule has 0 aliphatic rings. The van der Waals surface area contributed by atoms with Crippen molar-refractivity contribution in [2.45, 2.75) is 50.6 Å². The molecule has 5 nitrogen and oxygen atoms in total. The lowest BCUT2D eigenvalue weighted by Crippen LogP contribution is -2.29. The number of ether oxygens (including phenoxy) is 2. The van der Waals surface area contributed by atoms with Crippen molar-refractivity contribution in [3.63, 3.8) is 0 Å². The number of unbranched alkanes of at least 4 members (excludes halogenated alkanes) is 1. The van der Waals surface area contributed by atoms with Crippen LogP contribution < -0.4 is 9.47 Å². The van der Waals surface area contributed by atoms with Crippen LogP contribution in [0.25, 0.3) is 11.1 Å². The monoisotopic (exact) mass is 524 g/mol. The number of rotatable bonds is 13. The molecule has 0 spiro atoms. The van der Waals surface area contributed by atoms with E-state index >= 15 is 0 Å². The molecule has 0 aliphatic heterocycles. The molecule has 0 bridgehead atoms. The number of carbonyl (C=O) groups excluding carboxylic acids is 1. The molecule has 0 aromatic heterocycles. The lowest BCUT2D eigenvalue weighted by atomic mass is 10.1. The molecule has 36 heavy (non-hydrogen) atoms. The van der Waals surface area contributed by atoms with Gasteiger partial charge in [-0.05, 0) is 91.0 Å². The first kappa shape index (κ1) is 28.0. The summed E-state index contributed by atoms with van der Waals surface area (Å²) in [7, 11) is -2.96. The first-order chi connectivity index (χ1) is 17.2. The third kappa shape index (κ3) is 9.46. The van der Waals surface area contributed by atoms with Crippen LogP contribution in [0.4, 0.5) is 0 Å². The van der Waals surface area contributed by atoms with Crippen LogP contribution in [0.1, 0.15) is 43.5 Å². The second-order valence-corrected chi connectivity index (χ2v) is 13.3. The maximum Gasteiger partial charge on any atom is 0.343 e. The van der Waals surface area contributed by atoms with Crippen LogP contribution >= 0.6 is 11.8 Å². The average molecular weight is 525 g/mol. The van der Waals surface area contributed by atoms with Gasteiger partial charge in [0.25, 0.3) is 0 Å². The SMILES string of the molecule is CC[C@H](C)CSc1ccc(C(=O)Oc2ccc(-c3ccc(OCCCC[Si](C)(O)O)cc3)cc2)cc1. The molecule has 0 aliphatic carbocycles. The lowest BCUT2D eigenvalue weighted by Gasteiger charge is -2.11. The molecule has 3 aromatic rings. The van der Waals surface area contributed by atoms with Crippen LogP contribution in [0.3, 0.4) is 0 Å². The van der Waals surface area contributed by atoms with Crippen molar-refractivity contribution < 1.29 is 23.9 Å². The summed E-state index contributed by atoms with van der Waals surface area (Å²) in [6, 6.07) is 23.3. The number of thioether (sulfide) groups is 1. The minimum absolute atomic E-state index is 0.368. The number of hydrogen-bond acceptors (Lipinski definition) is 6. The van der Waals surface area contributed by atoms with E-state index in [1.54, 1.807) is 12.1 Å². The van der Waals surface area contributed by atoms with Crippen LogP contribution in [-0.4, -0.2) is 36.5 Å². The van der Waals surface area contributed by atoms with Crippen LogP contribution in [0.15, 0.2) is 77.7 Å². The molecule has 0 radical (unpaired) electrons.